The van der Waals surface area contributed by atoms with Gasteiger partial charge in [0.05, 0.1) is 16.8 Å². The second-order valence-electron chi connectivity index (χ2n) is 7.78. The van der Waals surface area contributed by atoms with Crippen LogP contribution in [0.5, 0.6) is 0 Å². The predicted octanol–water partition coefficient (Wildman–Crippen LogP) is 5.92. The van der Waals surface area contributed by atoms with E-state index in [9.17, 15) is 4.79 Å². The summed E-state index contributed by atoms with van der Waals surface area (Å²) < 4.78 is 0. The number of hydrogen-bond acceptors (Lipinski definition) is 2. The lowest BCUT2D eigenvalue weighted by Crippen LogP contribution is -2.34. The van der Waals surface area contributed by atoms with Crippen LogP contribution < -0.4 is 5.32 Å². The number of aryl methyl sites for hydroxylation is 1. The molecule has 1 aromatic heterocycles. The van der Waals surface area contributed by atoms with Crippen molar-refractivity contribution in [3.05, 3.63) is 65.7 Å². The van der Waals surface area contributed by atoms with Crippen molar-refractivity contribution in [1.82, 2.24) is 10.3 Å². The molecule has 0 saturated heterocycles. The van der Waals surface area contributed by atoms with Gasteiger partial charge in [0.2, 0.25) is 0 Å². The molecule has 3 aromatic rings. The second kappa shape index (κ2) is 8.55. The van der Waals surface area contributed by atoms with E-state index in [1.54, 1.807) is 0 Å². The van der Waals surface area contributed by atoms with E-state index in [4.69, 9.17) is 4.98 Å². The molecule has 3 nitrogen and oxygen atoms in total. The van der Waals surface area contributed by atoms with Gasteiger partial charge < -0.3 is 5.32 Å². The third-order valence-electron chi connectivity index (χ3n) is 5.81. The van der Waals surface area contributed by atoms with Crippen molar-refractivity contribution < 1.29 is 4.79 Å². The minimum atomic E-state index is 0.0249. The fraction of sp³-hybridized carbons (Fsp3) is 0.360. The van der Waals surface area contributed by atoms with Crippen molar-refractivity contribution in [3.63, 3.8) is 0 Å². The number of pyridine rings is 1. The summed E-state index contributed by atoms with van der Waals surface area (Å²) in [5.41, 5.74) is 4.80. The van der Waals surface area contributed by atoms with E-state index in [-0.39, 0.29) is 11.9 Å². The van der Waals surface area contributed by atoms with E-state index in [1.165, 1.54) is 31.2 Å². The van der Waals surface area contributed by atoms with Crippen molar-refractivity contribution in [3.8, 4) is 11.3 Å². The van der Waals surface area contributed by atoms with Crippen LogP contribution in [0.1, 0.15) is 61.4 Å². The fourth-order valence-electron chi connectivity index (χ4n) is 4.11. The summed E-state index contributed by atoms with van der Waals surface area (Å²) in [6, 6.07) is 18.6. The topological polar surface area (TPSA) is 42.0 Å². The third-order valence-corrected chi connectivity index (χ3v) is 5.81. The number of benzene rings is 2. The minimum Gasteiger partial charge on any atom is -0.349 e. The molecule has 1 saturated carbocycles. The number of carbonyl (C=O) groups excluding carboxylic acids is 1. The van der Waals surface area contributed by atoms with Gasteiger partial charge in [-0.1, -0.05) is 75.1 Å². The summed E-state index contributed by atoms with van der Waals surface area (Å²) in [6.07, 6.45) is 8.15. The van der Waals surface area contributed by atoms with Crippen LogP contribution in [0, 0.1) is 0 Å². The summed E-state index contributed by atoms with van der Waals surface area (Å²) in [6.45, 7) is 2.15. The molecule has 0 aliphatic heterocycles. The molecule has 1 amide bonds. The molecule has 1 fully saturated rings. The van der Waals surface area contributed by atoms with Gasteiger partial charge in [0.15, 0.2) is 0 Å². The SMILES string of the molecule is CCc1ccc(-c2cc(C(=O)NC3CCCCCC3)c3ccccc3n2)cc1. The first kappa shape index (κ1) is 18.7. The molecule has 2 aromatic carbocycles. The first-order valence-electron chi connectivity index (χ1n) is 10.5. The number of nitrogens with one attached hydrogen (secondary N) is 1. The average Bonchev–Trinajstić information content (AvgIpc) is 3.01. The zero-order valence-corrected chi connectivity index (χ0v) is 16.6. The number of amides is 1. The standard InChI is InChI=1S/C25H28N2O/c1-2-18-13-15-19(16-14-18)24-17-22(21-11-7-8-12-23(21)27-24)25(28)26-20-9-5-3-4-6-10-20/h7-8,11-17,20H,2-6,9-10H2,1H3,(H,26,28). The maximum absolute atomic E-state index is 13.2. The van der Waals surface area contributed by atoms with E-state index in [0.29, 0.717) is 0 Å². The van der Waals surface area contributed by atoms with Gasteiger partial charge in [-0.25, -0.2) is 4.98 Å². The first-order valence-corrected chi connectivity index (χ1v) is 10.5. The fourth-order valence-corrected chi connectivity index (χ4v) is 4.11. The number of rotatable bonds is 4. The summed E-state index contributed by atoms with van der Waals surface area (Å²) >= 11 is 0. The van der Waals surface area contributed by atoms with Crippen LogP contribution in [0.15, 0.2) is 54.6 Å². The van der Waals surface area contributed by atoms with Crippen molar-refractivity contribution in [1.29, 1.82) is 0 Å². The number of fused-ring (bicyclic) bond motifs is 1. The molecule has 3 heteroatoms. The predicted molar refractivity (Wildman–Crippen MR) is 116 cm³/mol. The molecule has 0 radical (unpaired) electrons. The molecule has 1 heterocycles. The molecule has 0 spiro atoms. The highest BCUT2D eigenvalue weighted by molar-refractivity contribution is 6.07. The van der Waals surface area contributed by atoms with Crippen molar-refractivity contribution in [2.45, 2.75) is 57.9 Å². The monoisotopic (exact) mass is 372 g/mol. The van der Waals surface area contributed by atoms with Crippen LogP contribution >= 0.6 is 0 Å². The number of carbonyl (C=O) groups is 1. The van der Waals surface area contributed by atoms with Gasteiger partial charge >= 0.3 is 0 Å². The first-order chi connectivity index (χ1) is 13.7. The Bertz CT molecular complexity index is 954. The Kier molecular flexibility index (Phi) is 5.70. The maximum Gasteiger partial charge on any atom is 0.252 e. The number of nitrogens with zero attached hydrogens (tertiary/aromatic N) is 1. The Hall–Kier alpha value is -2.68. The van der Waals surface area contributed by atoms with E-state index in [1.807, 2.05) is 30.3 Å². The summed E-state index contributed by atoms with van der Waals surface area (Å²) in [5, 5.41) is 4.22. The van der Waals surface area contributed by atoms with Crippen LogP contribution in [-0.4, -0.2) is 16.9 Å². The molecule has 1 aliphatic carbocycles. The molecular weight excluding hydrogens is 344 g/mol. The van der Waals surface area contributed by atoms with Crippen molar-refractivity contribution in [2.24, 2.45) is 0 Å². The van der Waals surface area contributed by atoms with Crippen LogP contribution in [0.4, 0.5) is 0 Å². The smallest absolute Gasteiger partial charge is 0.252 e. The number of aromatic nitrogens is 1. The third kappa shape index (κ3) is 4.09. The van der Waals surface area contributed by atoms with E-state index in [0.717, 1.165) is 47.0 Å². The maximum atomic E-state index is 13.2. The normalized spacial score (nSPS) is 15.3. The Morgan fingerprint density at radius 1 is 1.00 bits per heavy atom. The van der Waals surface area contributed by atoms with Crippen LogP contribution in [0.3, 0.4) is 0 Å². The highest BCUT2D eigenvalue weighted by Gasteiger charge is 2.19. The Morgan fingerprint density at radius 3 is 2.43 bits per heavy atom. The molecular formula is C25H28N2O. The summed E-state index contributed by atoms with van der Waals surface area (Å²) in [4.78, 5) is 18.0. The van der Waals surface area contributed by atoms with Gasteiger partial charge in [-0.2, -0.15) is 0 Å². The zero-order chi connectivity index (χ0) is 19.3. The quantitative estimate of drug-likeness (QED) is 0.578. The molecule has 0 unspecified atom stereocenters. The van der Waals surface area contributed by atoms with E-state index in [2.05, 4.69) is 36.5 Å². The van der Waals surface area contributed by atoms with Gasteiger partial charge in [0.1, 0.15) is 0 Å². The van der Waals surface area contributed by atoms with Gasteiger partial charge in [0, 0.05) is 17.0 Å². The van der Waals surface area contributed by atoms with Gasteiger partial charge in [-0.3, -0.25) is 4.79 Å². The average molecular weight is 373 g/mol. The Morgan fingerprint density at radius 2 is 1.71 bits per heavy atom. The van der Waals surface area contributed by atoms with Gasteiger partial charge in [0.25, 0.3) is 5.91 Å². The second-order valence-corrected chi connectivity index (χ2v) is 7.78. The van der Waals surface area contributed by atoms with Crippen molar-refractivity contribution in [2.75, 3.05) is 0 Å². The van der Waals surface area contributed by atoms with Crippen molar-refractivity contribution >= 4 is 16.8 Å². The highest BCUT2D eigenvalue weighted by Crippen LogP contribution is 2.26. The molecule has 28 heavy (non-hydrogen) atoms. The van der Waals surface area contributed by atoms with E-state index < -0.39 is 0 Å². The van der Waals surface area contributed by atoms with Crippen LogP contribution in [0.2, 0.25) is 0 Å². The lowest BCUT2D eigenvalue weighted by molar-refractivity contribution is 0.0935. The zero-order valence-electron chi connectivity index (χ0n) is 16.6. The van der Waals surface area contributed by atoms with E-state index >= 15 is 0 Å². The largest absolute Gasteiger partial charge is 0.349 e. The lowest BCUT2D eigenvalue weighted by atomic mass is 10.0. The Balaban J connectivity index is 1.70. The molecule has 0 bridgehead atoms. The highest BCUT2D eigenvalue weighted by atomic mass is 16.1. The Labute approximate surface area is 167 Å². The number of para-hydroxylation sites is 1. The molecule has 144 valence electrons. The summed E-state index contributed by atoms with van der Waals surface area (Å²) in [7, 11) is 0. The minimum absolute atomic E-state index is 0.0249. The van der Waals surface area contributed by atoms with Crippen LogP contribution in [-0.2, 0) is 6.42 Å². The number of hydrogen-bond donors (Lipinski definition) is 1. The lowest BCUT2D eigenvalue weighted by Gasteiger charge is -2.17. The molecule has 0 atom stereocenters. The van der Waals surface area contributed by atoms with Gasteiger partial charge in [-0.15, -0.1) is 0 Å². The molecule has 4 rings (SSSR count). The molecule has 1 aliphatic rings. The van der Waals surface area contributed by atoms with Gasteiger partial charge in [-0.05, 0) is 37.0 Å². The molecule has 1 N–H and O–H groups in total. The summed E-state index contributed by atoms with van der Waals surface area (Å²) in [5.74, 6) is 0.0249. The van der Waals surface area contributed by atoms with Crippen LogP contribution in [0.25, 0.3) is 22.2 Å².